The number of benzene rings is 1. The van der Waals surface area contributed by atoms with Crippen LogP contribution < -0.4 is 14.9 Å². The van der Waals surface area contributed by atoms with Gasteiger partial charge in [-0.3, -0.25) is 9.52 Å². The van der Waals surface area contributed by atoms with Crippen LogP contribution in [-0.4, -0.2) is 52.4 Å². The first kappa shape index (κ1) is 22.9. The van der Waals surface area contributed by atoms with Crippen molar-refractivity contribution in [2.75, 3.05) is 28.0 Å². The Labute approximate surface area is 205 Å². The fourth-order valence-corrected chi connectivity index (χ4v) is 5.58. The highest BCUT2D eigenvalue weighted by atomic mass is 32.2. The van der Waals surface area contributed by atoms with Crippen molar-refractivity contribution in [3.8, 4) is 5.82 Å². The minimum Gasteiger partial charge on any atom is -0.355 e. The lowest BCUT2D eigenvalue weighted by Gasteiger charge is -2.31. The minimum absolute atomic E-state index is 0.0821. The number of nitrogens with zero attached hydrogens (tertiary/aromatic N) is 6. The van der Waals surface area contributed by atoms with Crippen LogP contribution in [0.1, 0.15) is 12.8 Å². The average molecular weight is 511 g/mol. The van der Waals surface area contributed by atoms with Gasteiger partial charge in [-0.25, -0.2) is 18.1 Å². The molecule has 0 bridgehead atoms. The maximum absolute atomic E-state index is 12.8. The number of piperidine rings is 1. The Morgan fingerprint density at radius 1 is 1.00 bits per heavy atom. The number of rotatable bonds is 7. The number of anilines is 3. The molecule has 0 spiro atoms. The second kappa shape index (κ2) is 9.80. The van der Waals surface area contributed by atoms with Crippen LogP contribution in [0.5, 0.6) is 0 Å². The molecule has 1 aliphatic heterocycles. The number of amides is 1. The van der Waals surface area contributed by atoms with Gasteiger partial charge in [0, 0.05) is 48.7 Å². The third-order valence-electron chi connectivity index (χ3n) is 5.65. The molecule has 180 valence electrons. The highest BCUT2D eigenvalue weighted by Crippen LogP contribution is 2.24. The van der Waals surface area contributed by atoms with Crippen molar-refractivity contribution in [3.63, 3.8) is 0 Å². The van der Waals surface area contributed by atoms with Crippen molar-refractivity contribution in [1.29, 1.82) is 0 Å². The zero-order chi connectivity index (χ0) is 24.3. The van der Waals surface area contributed by atoms with Gasteiger partial charge < -0.3 is 10.2 Å². The SMILES string of the molecule is O=C(Nc1ccc(S(=O)(=O)Nc2nccs2)cc1)C1CCN(c2ccc(-n3cccn3)nn2)CC1. The molecule has 1 fully saturated rings. The number of carbonyl (C=O) groups is 1. The number of nitrogens with one attached hydrogen (secondary N) is 2. The predicted molar refractivity (Wildman–Crippen MR) is 132 cm³/mol. The van der Waals surface area contributed by atoms with Gasteiger partial charge in [-0.1, -0.05) is 0 Å². The van der Waals surface area contributed by atoms with Crippen LogP contribution in [0.15, 0.2) is 71.3 Å². The maximum Gasteiger partial charge on any atom is 0.263 e. The van der Waals surface area contributed by atoms with Crippen LogP contribution in [0.25, 0.3) is 5.82 Å². The molecule has 0 saturated carbocycles. The van der Waals surface area contributed by atoms with Gasteiger partial charge in [-0.05, 0) is 55.3 Å². The summed E-state index contributed by atoms with van der Waals surface area (Å²) in [5.74, 6) is 1.19. The first-order valence-electron chi connectivity index (χ1n) is 10.9. The fraction of sp³-hybridized carbons (Fsp3) is 0.227. The third-order valence-corrected chi connectivity index (χ3v) is 7.82. The smallest absolute Gasteiger partial charge is 0.263 e. The van der Waals surface area contributed by atoms with E-state index in [1.54, 1.807) is 34.6 Å². The van der Waals surface area contributed by atoms with Crippen molar-refractivity contribution in [2.24, 2.45) is 5.92 Å². The van der Waals surface area contributed by atoms with E-state index in [1.165, 1.54) is 29.7 Å². The molecule has 13 heteroatoms. The molecular weight excluding hydrogens is 488 g/mol. The largest absolute Gasteiger partial charge is 0.355 e. The van der Waals surface area contributed by atoms with Crippen LogP contribution in [0.3, 0.4) is 0 Å². The van der Waals surface area contributed by atoms with Crippen molar-refractivity contribution < 1.29 is 13.2 Å². The molecule has 1 aliphatic rings. The van der Waals surface area contributed by atoms with Gasteiger partial charge in [0.1, 0.15) is 0 Å². The molecule has 1 aromatic carbocycles. The summed E-state index contributed by atoms with van der Waals surface area (Å²) in [6.45, 7) is 1.38. The van der Waals surface area contributed by atoms with E-state index >= 15 is 0 Å². The predicted octanol–water partition coefficient (Wildman–Crippen LogP) is 2.77. The van der Waals surface area contributed by atoms with Gasteiger partial charge in [0.05, 0.1) is 4.90 Å². The number of hydrogen-bond acceptors (Lipinski definition) is 9. The molecule has 4 aromatic rings. The third kappa shape index (κ3) is 5.30. The van der Waals surface area contributed by atoms with E-state index in [2.05, 4.69) is 35.2 Å². The summed E-state index contributed by atoms with van der Waals surface area (Å²) in [6.07, 6.45) is 6.37. The second-order valence-electron chi connectivity index (χ2n) is 7.92. The molecule has 0 unspecified atom stereocenters. The molecular formula is C22H22N8O3S2. The van der Waals surface area contributed by atoms with Gasteiger partial charge in [0.25, 0.3) is 10.0 Å². The zero-order valence-corrected chi connectivity index (χ0v) is 20.1. The Hall–Kier alpha value is -3.84. The quantitative estimate of drug-likeness (QED) is 0.388. The van der Waals surface area contributed by atoms with E-state index in [1.807, 2.05) is 18.2 Å². The van der Waals surface area contributed by atoms with E-state index in [0.717, 1.165) is 5.82 Å². The topological polar surface area (TPSA) is 135 Å². The molecule has 1 amide bonds. The van der Waals surface area contributed by atoms with Gasteiger partial charge in [-0.2, -0.15) is 5.10 Å². The first-order chi connectivity index (χ1) is 17.0. The summed E-state index contributed by atoms with van der Waals surface area (Å²) in [6, 6.07) is 11.7. The minimum atomic E-state index is -3.73. The number of thiazole rings is 1. The normalized spacial score (nSPS) is 14.6. The average Bonchev–Trinajstić information content (AvgIpc) is 3.59. The molecule has 0 aliphatic carbocycles. The maximum atomic E-state index is 12.8. The molecule has 2 N–H and O–H groups in total. The van der Waals surface area contributed by atoms with E-state index in [4.69, 9.17) is 0 Å². The summed E-state index contributed by atoms with van der Waals surface area (Å²) < 4.78 is 29.0. The molecule has 11 nitrogen and oxygen atoms in total. The molecule has 4 heterocycles. The van der Waals surface area contributed by atoms with Crippen LogP contribution >= 0.6 is 11.3 Å². The van der Waals surface area contributed by atoms with E-state index in [9.17, 15) is 13.2 Å². The summed E-state index contributed by atoms with van der Waals surface area (Å²) in [5, 5.41) is 17.6. The highest BCUT2D eigenvalue weighted by Gasteiger charge is 2.26. The molecule has 1 saturated heterocycles. The lowest BCUT2D eigenvalue weighted by Crippen LogP contribution is -2.38. The van der Waals surface area contributed by atoms with Crippen molar-refractivity contribution in [2.45, 2.75) is 17.7 Å². The van der Waals surface area contributed by atoms with E-state index in [-0.39, 0.29) is 16.7 Å². The molecule has 5 rings (SSSR count). The molecule has 35 heavy (non-hydrogen) atoms. The summed E-state index contributed by atoms with van der Waals surface area (Å²) in [7, 11) is -3.73. The first-order valence-corrected chi connectivity index (χ1v) is 13.3. The Morgan fingerprint density at radius 3 is 2.37 bits per heavy atom. The number of aromatic nitrogens is 5. The van der Waals surface area contributed by atoms with Crippen LogP contribution in [0.2, 0.25) is 0 Å². The standard InChI is InChI=1S/C22H22N8O3S2/c31-21(25-17-2-4-18(5-3-17)35(32,33)28-22-23-11-15-34-22)16-8-13-29(14-9-16)19-6-7-20(27-26-19)30-12-1-10-24-30/h1-7,10-12,15-16H,8-9,13-14H2,(H,23,28)(H,25,31). The van der Waals surface area contributed by atoms with Gasteiger partial charge >= 0.3 is 0 Å². The van der Waals surface area contributed by atoms with Crippen molar-refractivity contribution >= 4 is 43.9 Å². The molecule has 0 atom stereocenters. The summed E-state index contributed by atoms with van der Waals surface area (Å²) >= 11 is 1.20. The van der Waals surface area contributed by atoms with Crippen LogP contribution in [-0.2, 0) is 14.8 Å². The van der Waals surface area contributed by atoms with E-state index in [0.29, 0.717) is 42.6 Å². The summed E-state index contributed by atoms with van der Waals surface area (Å²) in [5.41, 5.74) is 0.547. The number of hydrogen-bond donors (Lipinski definition) is 2. The van der Waals surface area contributed by atoms with Crippen molar-refractivity contribution in [1.82, 2.24) is 25.0 Å². The van der Waals surface area contributed by atoms with Gasteiger partial charge in [-0.15, -0.1) is 21.5 Å². The lowest BCUT2D eigenvalue weighted by molar-refractivity contribution is -0.120. The van der Waals surface area contributed by atoms with Crippen LogP contribution in [0.4, 0.5) is 16.6 Å². The lowest BCUT2D eigenvalue weighted by atomic mass is 9.96. The Bertz CT molecular complexity index is 1370. The monoisotopic (exact) mass is 510 g/mol. The highest BCUT2D eigenvalue weighted by molar-refractivity contribution is 7.93. The van der Waals surface area contributed by atoms with Crippen LogP contribution in [0, 0.1) is 5.92 Å². The van der Waals surface area contributed by atoms with Gasteiger partial charge in [0.2, 0.25) is 5.91 Å². The molecule has 0 radical (unpaired) electrons. The Kier molecular flexibility index (Phi) is 6.42. The Balaban J connectivity index is 1.14. The zero-order valence-electron chi connectivity index (χ0n) is 18.5. The summed E-state index contributed by atoms with van der Waals surface area (Å²) in [4.78, 5) is 18.9. The number of carbonyl (C=O) groups excluding carboxylic acids is 1. The number of sulfonamides is 1. The Morgan fingerprint density at radius 2 is 1.74 bits per heavy atom. The second-order valence-corrected chi connectivity index (χ2v) is 10.5. The van der Waals surface area contributed by atoms with Gasteiger partial charge in [0.15, 0.2) is 16.8 Å². The molecule has 3 aromatic heterocycles. The van der Waals surface area contributed by atoms with E-state index < -0.39 is 10.0 Å². The van der Waals surface area contributed by atoms with Crippen molar-refractivity contribution in [3.05, 3.63) is 66.4 Å². The fourth-order valence-electron chi connectivity index (χ4n) is 3.79.